The number of imidazole rings is 2. The first-order valence-corrected chi connectivity index (χ1v) is 20.4. The lowest BCUT2D eigenvalue weighted by Crippen LogP contribution is -2.51. The van der Waals surface area contributed by atoms with Gasteiger partial charge in [-0.1, -0.05) is 52.0 Å². The van der Waals surface area contributed by atoms with Crippen LogP contribution >= 0.6 is 0 Å². The minimum absolute atomic E-state index is 0.0133. The fourth-order valence-electron chi connectivity index (χ4n) is 10.1. The van der Waals surface area contributed by atoms with Gasteiger partial charge in [-0.05, 0) is 87.0 Å². The quantitative estimate of drug-likeness (QED) is 0.167. The van der Waals surface area contributed by atoms with Crippen molar-refractivity contribution in [3.8, 4) is 11.3 Å². The van der Waals surface area contributed by atoms with E-state index in [1.54, 1.807) is 0 Å². The van der Waals surface area contributed by atoms with Gasteiger partial charge in [0, 0.05) is 43.5 Å². The average molecular weight is 771 g/mol. The molecule has 5 fully saturated rings. The molecule has 302 valence electrons. The summed E-state index contributed by atoms with van der Waals surface area (Å²) >= 11 is 0. The fraction of sp³-hybridized carbons (Fsp3) is 0.619. The molecule has 2 saturated heterocycles. The third kappa shape index (κ3) is 7.15. The predicted molar refractivity (Wildman–Crippen MR) is 210 cm³/mol. The largest absolute Gasteiger partial charge is 0.465 e. The molecule has 3 aromatic rings. The van der Waals surface area contributed by atoms with Gasteiger partial charge in [0.2, 0.25) is 11.8 Å². The maximum atomic E-state index is 13.7. The normalized spacial score (nSPS) is 25.8. The average Bonchev–Trinajstić information content (AvgIpc) is 4.04. The molecule has 3 aliphatic carbocycles. The van der Waals surface area contributed by atoms with Gasteiger partial charge in [-0.25, -0.2) is 19.6 Å². The van der Waals surface area contributed by atoms with Crippen molar-refractivity contribution in [2.75, 3.05) is 27.2 Å². The molecule has 4 heterocycles. The van der Waals surface area contributed by atoms with E-state index in [4.69, 9.17) is 14.7 Å². The summed E-state index contributed by atoms with van der Waals surface area (Å²) in [6.45, 7) is 8.81. The Balaban J connectivity index is 1.000. The third-order valence-electron chi connectivity index (χ3n) is 13.5. The number of methoxy groups -OCH3 is 1. The fourth-order valence-corrected chi connectivity index (χ4v) is 10.1. The lowest BCUT2D eigenvalue weighted by molar-refractivity contribution is -0.138. The molecule has 1 unspecified atom stereocenters. The Morgan fingerprint density at radius 1 is 0.821 bits per heavy atom. The summed E-state index contributed by atoms with van der Waals surface area (Å²) in [4.78, 5) is 72.9. The molecule has 2 aromatic heterocycles. The van der Waals surface area contributed by atoms with Gasteiger partial charge in [0.25, 0.3) is 0 Å². The number of hydrogen-bond acceptors (Lipinski definition) is 7. The van der Waals surface area contributed by atoms with Crippen LogP contribution in [0, 0.1) is 11.8 Å². The van der Waals surface area contributed by atoms with Crippen LogP contribution in [0.3, 0.4) is 0 Å². The standard InChI is InChI=1S/C42H58N8O6/c1-25(2)33(47-39(53)56-6)37(51)49-21-7-9-30(49)35-43-23-29(45-35)27-11-13-28(14-12-27)41-15-18-42(19-16-41,20-17-41)32-24-44-36(46-32)31-10-8-22-50(31)38(52)34(26(3)4)48(5)40(54)55/h11-14,23-26,30-31,33-34H,7-10,15-22H2,1-6H3,(H,43,45)(H,44,46)(H,47,53)(H,54,55)/t30?,31-,33-,34-,41?,42?/m0/s1. The van der Waals surface area contributed by atoms with Crippen molar-refractivity contribution in [2.24, 2.45) is 11.8 Å². The van der Waals surface area contributed by atoms with Crippen LogP contribution in [0.5, 0.6) is 0 Å². The molecular formula is C42H58N8O6. The van der Waals surface area contributed by atoms with Gasteiger partial charge >= 0.3 is 12.2 Å². The highest BCUT2D eigenvalue weighted by Crippen LogP contribution is 2.58. The Morgan fingerprint density at radius 3 is 1.93 bits per heavy atom. The number of ether oxygens (including phenoxy) is 1. The first-order valence-electron chi connectivity index (χ1n) is 20.4. The first kappa shape index (κ1) is 39.4. The SMILES string of the molecule is COC(=O)N[C@H](C(=O)N1CCCC1c1nc(-c2ccc(C34CCC(c5c[nH]c([C@@H]6CCCN6C(=O)[C@H](C(C)C)N(C)C(=O)O)n5)(CC3)CC4)cc2)c[nH]1)C(C)C. The minimum Gasteiger partial charge on any atom is -0.465 e. The molecule has 0 spiro atoms. The van der Waals surface area contributed by atoms with Crippen molar-refractivity contribution in [3.63, 3.8) is 0 Å². The Bertz CT molecular complexity index is 1890. The first-order chi connectivity index (χ1) is 26.8. The van der Waals surface area contributed by atoms with Crippen LogP contribution in [0.4, 0.5) is 9.59 Å². The van der Waals surface area contributed by atoms with E-state index in [1.807, 2.05) is 43.7 Å². The highest BCUT2D eigenvalue weighted by Gasteiger charge is 2.51. The van der Waals surface area contributed by atoms with Crippen molar-refractivity contribution in [2.45, 2.75) is 127 Å². The van der Waals surface area contributed by atoms with Gasteiger partial charge in [-0.2, -0.15) is 0 Å². The number of nitrogens with one attached hydrogen (secondary N) is 3. The van der Waals surface area contributed by atoms with Gasteiger partial charge in [0.1, 0.15) is 23.7 Å². The number of aromatic amines is 2. The second-order valence-electron chi connectivity index (χ2n) is 17.3. The number of benzene rings is 1. The van der Waals surface area contributed by atoms with Gasteiger partial charge < -0.3 is 34.9 Å². The maximum absolute atomic E-state index is 13.7. The molecule has 1 aromatic carbocycles. The molecule has 8 rings (SSSR count). The minimum atomic E-state index is -1.10. The number of likely N-dealkylation sites (tertiary alicyclic amines) is 2. The highest BCUT2D eigenvalue weighted by molar-refractivity contribution is 5.87. The highest BCUT2D eigenvalue weighted by atomic mass is 16.5. The molecule has 14 heteroatoms. The summed E-state index contributed by atoms with van der Waals surface area (Å²) < 4.78 is 4.77. The van der Waals surface area contributed by atoms with Crippen LogP contribution in [-0.2, 0) is 25.2 Å². The zero-order chi connectivity index (χ0) is 39.9. The molecule has 14 nitrogen and oxygen atoms in total. The molecule has 4 atom stereocenters. The van der Waals surface area contributed by atoms with E-state index in [-0.39, 0.29) is 46.6 Å². The van der Waals surface area contributed by atoms with Gasteiger partial charge in [-0.15, -0.1) is 0 Å². The summed E-state index contributed by atoms with van der Waals surface area (Å²) in [6, 6.07) is 7.09. The Morgan fingerprint density at radius 2 is 1.38 bits per heavy atom. The van der Waals surface area contributed by atoms with Crippen LogP contribution in [0.1, 0.15) is 127 Å². The Labute approximate surface area is 329 Å². The van der Waals surface area contributed by atoms with Crippen LogP contribution in [0.15, 0.2) is 36.7 Å². The predicted octanol–water partition coefficient (Wildman–Crippen LogP) is 6.69. The van der Waals surface area contributed by atoms with Crippen LogP contribution < -0.4 is 5.32 Å². The zero-order valence-corrected chi connectivity index (χ0v) is 33.6. The number of carbonyl (C=O) groups is 4. The number of rotatable bonds is 11. The topological polar surface area (TPSA) is 177 Å². The molecule has 4 N–H and O–H groups in total. The van der Waals surface area contributed by atoms with Crippen LogP contribution in [0.2, 0.25) is 0 Å². The number of hydrogen-bond donors (Lipinski definition) is 4. The number of amides is 4. The van der Waals surface area contributed by atoms with E-state index in [0.717, 1.165) is 97.7 Å². The van der Waals surface area contributed by atoms with Crippen molar-refractivity contribution in [1.29, 1.82) is 0 Å². The van der Waals surface area contributed by atoms with E-state index in [2.05, 4.69) is 45.7 Å². The number of fused-ring (bicyclic) bond motifs is 3. The number of carboxylic acid groups (broad SMARTS) is 1. The summed E-state index contributed by atoms with van der Waals surface area (Å²) in [5.41, 5.74) is 4.46. The number of H-pyrrole nitrogens is 2. The molecular weight excluding hydrogens is 713 g/mol. The lowest BCUT2D eigenvalue weighted by Gasteiger charge is -2.53. The van der Waals surface area contributed by atoms with Crippen molar-refractivity contribution in [1.82, 2.24) is 40.0 Å². The van der Waals surface area contributed by atoms with Gasteiger partial charge in [-0.3, -0.25) is 14.5 Å². The molecule has 2 bridgehead atoms. The monoisotopic (exact) mass is 770 g/mol. The Kier molecular flexibility index (Phi) is 10.9. The van der Waals surface area contributed by atoms with Crippen molar-refractivity contribution < 1.29 is 29.0 Å². The summed E-state index contributed by atoms with van der Waals surface area (Å²) in [6.07, 6.45) is 12.0. The van der Waals surface area contributed by atoms with E-state index in [1.165, 1.54) is 19.7 Å². The van der Waals surface area contributed by atoms with E-state index >= 15 is 0 Å². The zero-order valence-electron chi connectivity index (χ0n) is 33.6. The number of likely N-dealkylation sites (N-methyl/N-ethyl adjacent to an activating group) is 1. The number of aromatic nitrogens is 4. The van der Waals surface area contributed by atoms with E-state index in [9.17, 15) is 24.3 Å². The van der Waals surface area contributed by atoms with Crippen LogP contribution in [0.25, 0.3) is 11.3 Å². The smallest absolute Gasteiger partial charge is 0.407 e. The number of alkyl carbamates (subject to hydrolysis) is 1. The van der Waals surface area contributed by atoms with Gasteiger partial charge in [0.15, 0.2) is 0 Å². The number of nitrogens with zero attached hydrogens (tertiary/aromatic N) is 5. The van der Waals surface area contributed by atoms with Crippen LogP contribution in [-0.4, -0.2) is 103 Å². The van der Waals surface area contributed by atoms with E-state index in [0.29, 0.717) is 13.1 Å². The Hall–Kier alpha value is -4.88. The number of carbonyl (C=O) groups excluding carboxylic acids is 3. The lowest BCUT2D eigenvalue weighted by atomic mass is 9.51. The molecule has 4 amide bonds. The van der Waals surface area contributed by atoms with E-state index < -0.39 is 24.3 Å². The second-order valence-corrected chi connectivity index (χ2v) is 17.3. The summed E-state index contributed by atoms with van der Waals surface area (Å²) in [5.74, 6) is 1.04. The molecule has 0 radical (unpaired) electrons. The third-order valence-corrected chi connectivity index (χ3v) is 13.5. The van der Waals surface area contributed by atoms with Gasteiger partial charge in [0.05, 0.1) is 30.6 Å². The maximum Gasteiger partial charge on any atom is 0.407 e. The molecule has 3 saturated carbocycles. The van der Waals surface area contributed by atoms with Crippen molar-refractivity contribution >= 4 is 24.0 Å². The second kappa shape index (κ2) is 15.6. The van der Waals surface area contributed by atoms with Crippen molar-refractivity contribution in [3.05, 3.63) is 59.6 Å². The summed E-state index contributed by atoms with van der Waals surface area (Å²) in [5, 5.41) is 12.4. The summed E-state index contributed by atoms with van der Waals surface area (Å²) in [7, 11) is 2.77. The molecule has 2 aliphatic heterocycles. The molecule has 5 aliphatic rings. The molecule has 56 heavy (non-hydrogen) atoms.